The van der Waals surface area contributed by atoms with E-state index in [0.29, 0.717) is 19.8 Å². The summed E-state index contributed by atoms with van der Waals surface area (Å²) in [6.07, 6.45) is 0. The number of carbonyl (C=O) groups is 1. The molecule has 0 saturated carbocycles. The van der Waals surface area contributed by atoms with E-state index in [9.17, 15) is 9.36 Å². The van der Waals surface area contributed by atoms with Gasteiger partial charge in [-0.25, -0.2) is 5.32 Å². The van der Waals surface area contributed by atoms with Crippen molar-refractivity contribution in [1.82, 2.24) is 5.32 Å². The Balaban J connectivity index is 4.29. The van der Waals surface area contributed by atoms with Crippen molar-refractivity contribution in [3.8, 4) is 0 Å². The lowest BCUT2D eigenvalue weighted by atomic mass is 10.6. The Morgan fingerprint density at radius 3 is 2.12 bits per heavy atom. The van der Waals surface area contributed by atoms with E-state index in [1.807, 2.05) is 0 Å². The summed E-state index contributed by atoms with van der Waals surface area (Å²) in [4.78, 5) is 11.1. The van der Waals surface area contributed by atoms with Crippen molar-refractivity contribution in [3.63, 3.8) is 0 Å². The van der Waals surface area contributed by atoms with E-state index in [1.165, 1.54) is 0 Å². The lowest BCUT2D eigenvalue weighted by molar-refractivity contribution is -0.191. The van der Waals surface area contributed by atoms with Crippen molar-refractivity contribution in [2.75, 3.05) is 26.4 Å². The molecule has 0 radical (unpaired) electrons. The van der Waals surface area contributed by atoms with Gasteiger partial charge in [0.2, 0.25) is 8.46 Å². The van der Waals surface area contributed by atoms with Crippen molar-refractivity contribution >= 4 is 14.4 Å². The van der Waals surface area contributed by atoms with Gasteiger partial charge in [0.1, 0.15) is 0 Å². The molecule has 0 heterocycles. The fourth-order valence-electron chi connectivity index (χ4n) is 1.02. The van der Waals surface area contributed by atoms with Crippen LogP contribution in [0, 0.1) is 0 Å². The normalized spacial score (nSPS) is 11.7. The summed E-state index contributed by atoms with van der Waals surface area (Å²) in [7, 11) is -0.383. The van der Waals surface area contributed by atoms with Gasteiger partial charge in [-0.15, -0.1) is 0 Å². The number of rotatable bonds is 9. The molecule has 0 aromatic rings. The molecule has 0 aliphatic rings. The van der Waals surface area contributed by atoms with Crippen LogP contribution in [0.3, 0.4) is 0 Å². The molecule has 0 aliphatic carbocycles. The Morgan fingerprint density at radius 2 is 1.75 bits per heavy atom. The first-order valence-electron chi connectivity index (χ1n) is 5.17. The van der Waals surface area contributed by atoms with E-state index in [0.717, 1.165) is 0 Å². The Labute approximate surface area is 96.8 Å². The SMILES string of the molecule is CCOC(=O)CNC(OCC)(OCC)P=O. The average Bonchev–Trinajstić information content (AvgIpc) is 2.27. The van der Waals surface area contributed by atoms with Gasteiger partial charge in [-0.1, -0.05) is 0 Å². The summed E-state index contributed by atoms with van der Waals surface area (Å²) < 4.78 is 26.1. The molecule has 1 N–H and O–H groups in total. The van der Waals surface area contributed by atoms with E-state index < -0.39 is 11.6 Å². The fourth-order valence-corrected chi connectivity index (χ4v) is 1.52. The molecule has 0 atom stereocenters. The van der Waals surface area contributed by atoms with Crippen LogP contribution in [0.15, 0.2) is 0 Å². The van der Waals surface area contributed by atoms with Gasteiger partial charge >= 0.3 is 11.6 Å². The highest BCUT2D eigenvalue weighted by molar-refractivity contribution is 7.25. The molecule has 0 rings (SSSR count). The second-order valence-corrected chi connectivity index (χ2v) is 3.47. The summed E-state index contributed by atoms with van der Waals surface area (Å²) in [5.74, 6) is -0.449. The average molecular weight is 251 g/mol. The zero-order valence-corrected chi connectivity index (χ0v) is 10.7. The van der Waals surface area contributed by atoms with Gasteiger partial charge < -0.3 is 14.2 Å². The van der Waals surface area contributed by atoms with Crippen LogP contribution in [0.5, 0.6) is 0 Å². The molecule has 0 aromatic heterocycles. The number of ether oxygens (including phenoxy) is 3. The monoisotopic (exact) mass is 251 g/mol. The van der Waals surface area contributed by atoms with Gasteiger partial charge in [0.05, 0.1) is 13.2 Å². The molecule has 0 spiro atoms. The van der Waals surface area contributed by atoms with Gasteiger partial charge in [-0.3, -0.25) is 9.36 Å². The van der Waals surface area contributed by atoms with Crippen LogP contribution < -0.4 is 5.32 Å². The zero-order valence-electron chi connectivity index (χ0n) is 9.82. The molecule has 0 fully saturated rings. The van der Waals surface area contributed by atoms with E-state index >= 15 is 0 Å². The molecule has 16 heavy (non-hydrogen) atoms. The van der Waals surface area contributed by atoms with Gasteiger partial charge in [0.15, 0.2) is 0 Å². The minimum Gasteiger partial charge on any atom is -0.465 e. The Kier molecular flexibility index (Phi) is 8.29. The molecule has 0 saturated heterocycles. The highest BCUT2D eigenvalue weighted by Crippen LogP contribution is 2.22. The number of hydrogen-bond donors (Lipinski definition) is 1. The topological polar surface area (TPSA) is 73.9 Å². The quantitative estimate of drug-likeness (QED) is 0.376. The van der Waals surface area contributed by atoms with Crippen LogP contribution >= 0.6 is 8.46 Å². The first-order valence-corrected chi connectivity index (χ1v) is 5.98. The summed E-state index contributed by atoms with van der Waals surface area (Å²) in [5, 5.41) is 2.63. The molecular weight excluding hydrogens is 233 g/mol. The summed E-state index contributed by atoms with van der Waals surface area (Å²) >= 11 is 0. The third-order valence-corrected chi connectivity index (χ3v) is 2.22. The van der Waals surface area contributed by atoms with Gasteiger partial charge in [-0.2, -0.15) is 0 Å². The molecule has 0 aliphatic heterocycles. The van der Waals surface area contributed by atoms with E-state index in [-0.39, 0.29) is 15.0 Å². The number of hydrogen-bond acceptors (Lipinski definition) is 6. The summed E-state index contributed by atoms with van der Waals surface area (Å²) in [5.41, 5.74) is -1.46. The van der Waals surface area contributed by atoms with Crippen LogP contribution in [-0.4, -0.2) is 38.0 Å². The van der Waals surface area contributed by atoms with E-state index in [2.05, 4.69) is 5.32 Å². The molecule has 94 valence electrons. The first-order chi connectivity index (χ1) is 7.64. The van der Waals surface area contributed by atoms with Gasteiger partial charge in [0.25, 0.3) is 0 Å². The van der Waals surface area contributed by atoms with Crippen LogP contribution in [0.2, 0.25) is 0 Å². The Hall–Kier alpha value is -0.550. The maximum absolute atomic E-state index is 11.1. The lowest BCUT2D eigenvalue weighted by Gasteiger charge is -2.26. The third-order valence-electron chi connectivity index (χ3n) is 1.56. The predicted molar refractivity (Wildman–Crippen MR) is 58.2 cm³/mol. The maximum atomic E-state index is 11.1. The minimum absolute atomic E-state index is 0.122. The van der Waals surface area contributed by atoms with Gasteiger partial charge in [-0.05, 0) is 20.8 Å². The van der Waals surface area contributed by atoms with Crippen LogP contribution in [-0.2, 0) is 23.6 Å². The largest absolute Gasteiger partial charge is 0.465 e. The van der Waals surface area contributed by atoms with Crippen molar-refractivity contribution in [3.05, 3.63) is 0 Å². The second-order valence-electron chi connectivity index (χ2n) is 2.70. The summed E-state index contributed by atoms with van der Waals surface area (Å²) in [6.45, 7) is 5.99. The highest BCUT2D eigenvalue weighted by atomic mass is 31.1. The molecule has 0 bridgehead atoms. The maximum Gasteiger partial charge on any atom is 0.320 e. The van der Waals surface area contributed by atoms with Crippen molar-refractivity contribution < 1.29 is 23.6 Å². The Morgan fingerprint density at radius 1 is 1.19 bits per heavy atom. The summed E-state index contributed by atoms with van der Waals surface area (Å²) in [6, 6.07) is 0. The van der Waals surface area contributed by atoms with E-state index in [4.69, 9.17) is 14.2 Å². The predicted octanol–water partition coefficient (Wildman–Crippen LogP) is 1.12. The van der Waals surface area contributed by atoms with Crippen molar-refractivity contribution in [1.29, 1.82) is 0 Å². The Bertz CT molecular complexity index is 218. The molecule has 6 nitrogen and oxygen atoms in total. The van der Waals surface area contributed by atoms with Gasteiger partial charge in [0, 0.05) is 13.2 Å². The molecule has 0 unspecified atom stereocenters. The molecule has 0 amide bonds. The third kappa shape index (κ3) is 5.51. The van der Waals surface area contributed by atoms with Crippen LogP contribution in [0.25, 0.3) is 0 Å². The van der Waals surface area contributed by atoms with Crippen molar-refractivity contribution in [2.45, 2.75) is 26.4 Å². The fraction of sp³-hybridized carbons (Fsp3) is 0.889. The number of esters is 1. The zero-order chi connectivity index (χ0) is 12.4. The van der Waals surface area contributed by atoms with Crippen LogP contribution in [0.1, 0.15) is 20.8 Å². The first kappa shape index (κ1) is 15.4. The van der Waals surface area contributed by atoms with Crippen LogP contribution in [0.4, 0.5) is 0 Å². The molecule has 7 heteroatoms. The molecule has 0 aromatic carbocycles. The van der Waals surface area contributed by atoms with Crippen molar-refractivity contribution in [2.24, 2.45) is 0 Å². The highest BCUT2D eigenvalue weighted by Gasteiger charge is 2.33. The second kappa shape index (κ2) is 8.58. The number of carbonyl (C=O) groups excluding carboxylic acids is 1. The standard InChI is InChI=1S/C9H18NO5P/c1-4-13-8(11)7-10-9(16-12,14-5-2)15-6-3/h10H,4-7H2,1-3H3. The lowest BCUT2D eigenvalue weighted by Crippen LogP contribution is -2.47. The van der Waals surface area contributed by atoms with E-state index in [1.54, 1.807) is 20.8 Å². The molecular formula is C9H18NO5P. The smallest absolute Gasteiger partial charge is 0.320 e. The number of nitrogens with one attached hydrogen (secondary N) is 1. The minimum atomic E-state index is -1.46.